The topological polar surface area (TPSA) is 43.4 Å². The van der Waals surface area contributed by atoms with Crippen LogP contribution in [0.4, 0.5) is 4.39 Å². The molecule has 0 fully saturated rings. The number of hydrogen-bond acceptors (Lipinski definition) is 3. The molecule has 0 saturated heterocycles. The van der Waals surface area contributed by atoms with Gasteiger partial charge in [-0.1, -0.05) is 6.07 Å². The van der Waals surface area contributed by atoms with Gasteiger partial charge in [-0.25, -0.2) is 12.8 Å². The number of hydrogen-bond donors (Lipinski definition) is 0. The molecule has 0 aromatic heterocycles. The highest BCUT2D eigenvalue weighted by Gasteiger charge is 2.06. The monoisotopic (exact) mass is 280 g/mol. The van der Waals surface area contributed by atoms with Gasteiger partial charge in [-0.15, -0.1) is 0 Å². The van der Waals surface area contributed by atoms with Crippen molar-refractivity contribution in [1.82, 2.24) is 0 Å². The van der Waals surface area contributed by atoms with Crippen molar-refractivity contribution in [1.29, 1.82) is 0 Å². The number of benzene rings is 1. The Bertz CT molecular complexity index is 474. The largest absolute Gasteiger partial charge is 0.491 e. The zero-order valence-electron chi connectivity index (χ0n) is 9.45. The van der Waals surface area contributed by atoms with Crippen molar-refractivity contribution in [3.63, 3.8) is 0 Å². The molecule has 1 aromatic rings. The van der Waals surface area contributed by atoms with Crippen molar-refractivity contribution in [3.8, 4) is 5.75 Å². The highest BCUT2D eigenvalue weighted by atomic mass is 35.7. The fraction of sp³-hybridized carbons (Fsp3) is 0.455. The van der Waals surface area contributed by atoms with Gasteiger partial charge in [0.2, 0.25) is 9.05 Å². The van der Waals surface area contributed by atoms with Crippen LogP contribution in [0, 0.1) is 12.7 Å². The van der Waals surface area contributed by atoms with Gasteiger partial charge in [-0.2, -0.15) is 0 Å². The zero-order chi connectivity index (χ0) is 12.9. The van der Waals surface area contributed by atoms with E-state index in [4.69, 9.17) is 15.4 Å². The maximum absolute atomic E-state index is 13.2. The summed E-state index contributed by atoms with van der Waals surface area (Å²) in [5, 5.41) is 0. The lowest BCUT2D eigenvalue weighted by atomic mass is 10.2. The molecule has 6 heteroatoms. The predicted molar refractivity (Wildman–Crippen MR) is 65.5 cm³/mol. The van der Waals surface area contributed by atoms with Gasteiger partial charge in [0.15, 0.2) is 11.6 Å². The van der Waals surface area contributed by atoms with Crippen LogP contribution >= 0.6 is 10.7 Å². The molecule has 0 bridgehead atoms. The molecule has 17 heavy (non-hydrogen) atoms. The third kappa shape index (κ3) is 5.89. The van der Waals surface area contributed by atoms with E-state index >= 15 is 0 Å². The Kier molecular flexibility index (Phi) is 5.21. The minimum absolute atomic E-state index is 0.0891. The molecule has 3 nitrogen and oxygen atoms in total. The van der Waals surface area contributed by atoms with Crippen LogP contribution in [0.1, 0.15) is 18.4 Å². The van der Waals surface area contributed by atoms with Crippen molar-refractivity contribution >= 4 is 19.7 Å². The lowest BCUT2D eigenvalue weighted by Gasteiger charge is -2.07. The van der Waals surface area contributed by atoms with Crippen LogP contribution in [0.3, 0.4) is 0 Å². The minimum atomic E-state index is -3.44. The molecule has 0 aliphatic heterocycles. The van der Waals surface area contributed by atoms with Crippen molar-refractivity contribution in [2.24, 2.45) is 0 Å². The fourth-order valence-electron chi connectivity index (χ4n) is 1.28. The summed E-state index contributed by atoms with van der Waals surface area (Å²) in [4.78, 5) is 0. The molecular weight excluding hydrogens is 267 g/mol. The van der Waals surface area contributed by atoms with Crippen LogP contribution in [-0.2, 0) is 9.05 Å². The van der Waals surface area contributed by atoms with E-state index in [0.29, 0.717) is 12.8 Å². The van der Waals surface area contributed by atoms with Gasteiger partial charge >= 0.3 is 0 Å². The van der Waals surface area contributed by atoms with Crippen LogP contribution in [0.2, 0.25) is 0 Å². The van der Waals surface area contributed by atoms with Crippen LogP contribution < -0.4 is 4.74 Å². The molecule has 0 spiro atoms. The smallest absolute Gasteiger partial charge is 0.232 e. The summed E-state index contributed by atoms with van der Waals surface area (Å²) in [6.45, 7) is 2.11. The van der Waals surface area contributed by atoms with E-state index in [2.05, 4.69) is 0 Å². The number of halogens is 2. The van der Waals surface area contributed by atoms with Crippen molar-refractivity contribution < 1.29 is 17.5 Å². The molecule has 0 N–H and O–H groups in total. The van der Waals surface area contributed by atoms with Gasteiger partial charge in [-0.3, -0.25) is 0 Å². The van der Waals surface area contributed by atoms with Crippen LogP contribution in [0.15, 0.2) is 18.2 Å². The van der Waals surface area contributed by atoms with E-state index in [1.165, 1.54) is 6.07 Å². The van der Waals surface area contributed by atoms with Gasteiger partial charge in [0.25, 0.3) is 0 Å². The van der Waals surface area contributed by atoms with Crippen molar-refractivity contribution in [3.05, 3.63) is 29.6 Å². The highest BCUT2D eigenvalue weighted by molar-refractivity contribution is 8.13. The molecule has 0 radical (unpaired) electrons. The van der Waals surface area contributed by atoms with Gasteiger partial charge in [-0.05, 0) is 37.5 Å². The van der Waals surface area contributed by atoms with Crippen LogP contribution in [-0.4, -0.2) is 20.8 Å². The summed E-state index contributed by atoms with van der Waals surface area (Å²) in [6.07, 6.45) is 0.915. The van der Waals surface area contributed by atoms with Crippen LogP contribution in [0.25, 0.3) is 0 Å². The Hall–Kier alpha value is -0.810. The maximum Gasteiger partial charge on any atom is 0.232 e. The van der Waals surface area contributed by atoms with Gasteiger partial charge < -0.3 is 4.74 Å². The quantitative estimate of drug-likeness (QED) is 0.594. The third-order valence-corrected chi connectivity index (χ3v) is 3.37. The molecular formula is C11H14ClFO3S. The number of aryl methyl sites for hydroxylation is 1. The Balaban J connectivity index is 2.34. The molecule has 0 aliphatic carbocycles. The average Bonchev–Trinajstić information content (AvgIpc) is 2.21. The number of unbranched alkanes of at least 4 members (excludes halogenated alkanes) is 1. The summed E-state index contributed by atoms with van der Waals surface area (Å²) >= 11 is 0. The Morgan fingerprint density at radius 3 is 2.71 bits per heavy atom. The second-order valence-corrected chi connectivity index (χ2v) is 6.63. The van der Waals surface area contributed by atoms with Crippen LogP contribution in [0.5, 0.6) is 5.75 Å². The Morgan fingerprint density at radius 2 is 2.06 bits per heavy atom. The fourth-order valence-corrected chi connectivity index (χ4v) is 2.16. The first kappa shape index (κ1) is 14.3. The molecule has 0 aliphatic rings. The van der Waals surface area contributed by atoms with E-state index < -0.39 is 14.9 Å². The zero-order valence-corrected chi connectivity index (χ0v) is 11.0. The number of rotatable bonds is 6. The molecule has 1 rings (SSSR count). The van der Waals surface area contributed by atoms with Crippen molar-refractivity contribution in [2.45, 2.75) is 19.8 Å². The minimum Gasteiger partial charge on any atom is -0.491 e. The van der Waals surface area contributed by atoms with E-state index in [1.807, 2.05) is 6.92 Å². The number of ether oxygens (including phenoxy) is 1. The predicted octanol–water partition coefficient (Wildman–Crippen LogP) is 2.86. The lowest BCUT2D eigenvalue weighted by molar-refractivity contribution is 0.294. The van der Waals surface area contributed by atoms with E-state index in [-0.39, 0.29) is 18.1 Å². The summed E-state index contributed by atoms with van der Waals surface area (Å²) in [6, 6.07) is 4.60. The molecule has 96 valence electrons. The summed E-state index contributed by atoms with van der Waals surface area (Å²) in [5.41, 5.74) is 0.907. The lowest BCUT2D eigenvalue weighted by Crippen LogP contribution is -2.03. The molecule has 0 amide bonds. The maximum atomic E-state index is 13.2. The third-order valence-electron chi connectivity index (χ3n) is 2.13. The molecule has 0 unspecified atom stereocenters. The summed E-state index contributed by atoms with van der Waals surface area (Å²) < 4.78 is 39.7. The molecule has 0 heterocycles. The van der Waals surface area contributed by atoms with Gasteiger partial charge in [0, 0.05) is 10.7 Å². The molecule has 0 saturated carbocycles. The standard InChI is InChI=1S/C11H14ClFO3S/c1-9-4-5-10(13)11(8-9)16-6-2-3-7-17(12,14)15/h4-5,8H,2-3,6-7H2,1H3. The van der Waals surface area contributed by atoms with E-state index in [0.717, 1.165) is 5.56 Å². The Labute approximate surface area is 105 Å². The molecule has 0 atom stereocenters. The molecule has 1 aromatic carbocycles. The second-order valence-electron chi connectivity index (χ2n) is 3.73. The Morgan fingerprint density at radius 1 is 1.35 bits per heavy atom. The summed E-state index contributed by atoms with van der Waals surface area (Å²) in [7, 11) is 1.60. The normalized spacial score (nSPS) is 11.5. The van der Waals surface area contributed by atoms with Gasteiger partial charge in [0.1, 0.15) is 0 Å². The first-order chi connectivity index (χ1) is 7.88. The SMILES string of the molecule is Cc1ccc(F)c(OCCCCS(=O)(=O)Cl)c1. The first-order valence-corrected chi connectivity index (χ1v) is 7.67. The second kappa shape index (κ2) is 6.21. The van der Waals surface area contributed by atoms with E-state index in [1.54, 1.807) is 12.1 Å². The highest BCUT2D eigenvalue weighted by Crippen LogP contribution is 2.18. The van der Waals surface area contributed by atoms with Gasteiger partial charge in [0.05, 0.1) is 12.4 Å². The first-order valence-electron chi connectivity index (χ1n) is 5.20. The van der Waals surface area contributed by atoms with Crippen molar-refractivity contribution in [2.75, 3.05) is 12.4 Å². The van der Waals surface area contributed by atoms with E-state index in [9.17, 15) is 12.8 Å². The summed E-state index contributed by atoms with van der Waals surface area (Å²) in [5.74, 6) is -0.312. The average molecular weight is 281 g/mol.